The Morgan fingerprint density at radius 3 is 3.00 bits per heavy atom. The second kappa shape index (κ2) is 3.92. The molecule has 4 nitrogen and oxygen atoms in total. The van der Waals surface area contributed by atoms with Crippen molar-refractivity contribution in [1.82, 2.24) is 19.6 Å². The fraction of sp³-hybridized carbons (Fsp3) is 0.0833. The van der Waals surface area contributed by atoms with Crippen molar-refractivity contribution in [3.63, 3.8) is 0 Å². The van der Waals surface area contributed by atoms with E-state index in [0.717, 1.165) is 21.2 Å². The summed E-state index contributed by atoms with van der Waals surface area (Å²) in [6, 6.07) is 5.82. The first-order chi connectivity index (χ1) is 8.24. The van der Waals surface area contributed by atoms with Crippen LogP contribution in [0.2, 0.25) is 0 Å². The highest BCUT2D eigenvalue weighted by Crippen LogP contribution is 2.19. The molecule has 0 saturated carbocycles. The van der Waals surface area contributed by atoms with E-state index < -0.39 is 0 Å². The lowest BCUT2D eigenvalue weighted by Crippen LogP contribution is -1.89. The topological polar surface area (TPSA) is 43.1 Å². The van der Waals surface area contributed by atoms with E-state index >= 15 is 0 Å². The van der Waals surface area contributed by atoms with Crippen LogP contribution in [-0.2, 0) is 0 Å². The minimum absolute atomic E-state index is 0.690. The van der Waals surface area contributed by atoms with Gasteiger partial charge in [-0.25, -0.2) is 9.50 Å². The number of rotatable bonds is 1. The van der Waals surface area contributed by atoms with Gasteiger partial charge in [-0.15, -0.1) is 5.10 Å². The van der Waals surface area contributed by atoms with Gasteiger partial charge >= 0.3 is 0 Å². The third-order valence-electron chi connectivity index (χ3n) is 2.54. The van der Waals surface area contributed by atoms with E-state index in [0.29, 0.717) is 5.82 Å². The van der Waals surface area contributed by atoms with Crippen LogP contribution in [0.3, 0.4) is 0 Å². The number of nitrogens with zero attached hydrogens (tertiary/aromatic N) is 4. The Morgan fingerprint density at radius 1 is 1.35 bits per heavy atom. The normalized spacial score (nSPS) is 10.9. The summed E-state index contributed by atoms with van der Waals surface area (Å²) in [5, 5.41) is 4.42. The summed E-state index contributed by atoms with van der Waals surface area (Å²) in [4.78, 5) is 8.54. The molecule has 3 rings (SSSR count). The van der Waals surface area contributed by atoms with Crippen LogP contribution in [0.4, 0.5) is 0 Å². The Hall–Kier alpha value is -1.75. The van der Waals surface area contributed by atoms with Gasteiger partial charge in [0.15, 0.2) is 11.5 Å². The van der Waals surface area contributed by atoms with Crippen LogP contribution in [0.1, 0.15) is 5.56 Å². The van der Waals surface area contributed by atoms with Crippen molar-refractivity contribution in [3.8, 4) is 11.4 Å². The molecule has 0 atom stereocenters. The van der Waals surface area contributed by atoms with Gasteiger partial charge in [0.05, 0.1) is 0 Å². The molecule has 0 spiro atoms. The molecule has 84 valence electrons. The standard InChI is InChI=1S/C12H9BrN4/c1-8-5-11-15-12(9-3-2-4-14-6-9)16-17(11)7-10(8)13/h2-7H,1H3. The number of hydrogen-bond donors (Lipinski definition) is 0. The second-order valence-corrected chi connectivity index (χ2v) is 4.64. The summed E-state index contributed by atoms with van der Waals surface area (Å²) in [6.07, 6.45) is 5.41. The van der Waals surface area contributed by atoms with E-state index in [9.17, 15) is 0 Å². The van der Waals surface area contributed by atoms with E-state index in [1.807, 2.05) is 31.3 Å². The van der Waals surface area contributed by atoms with Crippen LogP contribution in [0.15, 0.2) is 41.3 Å². The average molecular weight is 289 g/mol. The Bertz CT molecular complexity index is 637. The van der Waals surface area contributed by atoms with Gasteiger partial charge in [0.25, 0.3) is 0 Å². The monoisotopic (exact) mass is 288 g/mol. The molecular formula is C12H9BrN4. The van der Waals surface area contributed by atoms with E-state index in [4.69, 9.17) is 0 Å². The Morgan fingerprint density at radius 2 is 2.24 bits per heavy atom. The Balaban J connectivity index is 2.21. The molecule has 0 fully saturated rings. The highest BCUT2D eigenvalue weighted by molar-refractivity contribution is 9.10. The first-order valence-electron chi connectivity index (χ1n) is 5.17. The Kier molecular flexibility index (Phi) is 2.40. The molecule has 0 saturated heterocycles. The van der Waals surface area contributed by atoms with Gasteiger partial charge in [0.2, 0.25) is 0 Å². The van der Waals surface area contributed by atoms with Gasteiger partial charge in [-0.2, -0.15) is 0 Å². The lowest BCUT2D eigenvalue weighted by Gasteiger charge is -1.96. The van der Waals surface area contributed by atoms with Crippen molar-refractivity contribution >= 4 is 21.6 Å². The van der Waals surface area contributed by atoms with Crippen LogP contribution >= 0.6 is 15.9 Å². The summed E-state index contributed by atoms with van der Waals surface area (Å²) in [5.74, 6) is 0.690. The molecule has 0 bridgehead atoms. The van der Waals surface area contributed by atoms with E-state index in [-0.39, 0.29) is 0 Å². The molecule has 3 aromatic heterocycles. The smallest absolute Gasteiger partial charge is 0.183 e. The number of aryl methyl sites for hydroxylation is 1. The molecule has 5 heteroatoms. The summed E-state index contributed by atoms with van der Waals surface area (Å²) in [6.45, 7) is 2.03. The maximum Gasteiger partial charge on any atom is 0.183 e. The third-order valence-corrected chi connectivity index (χ3v) is 3.37. The number of hydrogen-bond acceptors (Lipinski definition) is 3. The molecule has 0 aromatic carbocycles. The second-order valence-electron chi connectivity index (χ2n) is 3.78. The van der Waals surface area contributed by atoms with Gasteiger partial charge in [0, 0.05) is 28.6 Å². The van der Waals surface area contributed by atoms with Gasteiger partial charge in [-0.05, 0) is 46.6 Å². The zero-order valence-electron chi connectivity index (χ0n) is 9.13. The van der Waals surface area contributed by atoms with Gasteiger partial charge in [0.1, 0.15) is 0 Å². The zero-order valence-corrected chi connectivity index (χ0v) is 10.7. The SMILES string of the molecule is Cc1cc2nc(-c3cccnc3)nn2cc1Br. The molecule has 0 N–H and O–H groups in total. The lowest BCUT2D eigenvalue weighted by atomic mass is 10.3. The zero-order chi connectivity index (χ0) is 11.8. The molecule has 0 amide bonds. The number of fused-ring (bicyclic) bond motifs is 1. The highest BCUT2D eigenvalue weighted by Gasteiger charge is 2.07. The number of halogens is 1. The maximum atomic E-state index is 4.48. The fourth-order valence-electron chi connectivity index (χ4n) is 1.62. The molecule has 3 heterocycles. The van der Waals surface area contributed by atoms with Gasteiger partial charge < -0.3 is 0 Å². The minimum atomic E-state index is 0.690. The van der Waals surface area contributed by atoms with Gasteiger partial charge in [-0.1, -0.05) is 0 Å². The number of pyridine rings is 2. The largest absolute Gasteiger partial charge is 0.264 e. The summed E-state index contributed by atoms with van der Waals surface area (Å²) in [7, 11) is 0. The fourth-order valence-corrected chi connectivity index (χ4v) is 1.93. The van der Waals surface area contributed by atoms with E-state index in [1.165, 1.54) is 0 Å². The van der Waals surface area contributed by atoms with Crippen molar-refractivity contribution < 1.29 is 0 Å². The molecule has 0 aliphatic carbocycles. The maximum absolute atomic E-state index is 4.48. The molecule has 3 aromatic rings. The molecule has 0 radical (unpaired) electrons. The summed E-state index contributed by atoms with van der Waals surface area (Å²) >= 11 is 3.48. The minimum Gasteiger partial charge on any atom is -0.264 e. The van der Waals surface area contributed by atoms with Crippen molar-refractivity contribution in [1.29, 1.82) is 0 Å². The van der Waals surface area contributed by atoms with Crippen molar-refractivity contribution in [2.45, 2.75) is 6.92 Å². The third kappa shape index (κ3) is 1.82. The van der Waals surface area contributed by atoms with Crippen molar-refractivity contribution in [2.24, 2.45) is 0 Å². The van der Waals surface area contributed by atoms with Crippen LogP contribution in [0, 0.1) is 6.92 Å². The van der Waals surface area contributed by atoms with Crippen LogP contribution in [0.25, 0.3) is 17.0 Å². The van der Waals surface area contributed by atoms with Crippen molar-refractivity contribution in [3.05, 3.63) is 46.8 Å². The average Bonchev–Trinajstić information content (AvgIpc) is 2.74. The predicted octanol–water partition coefficient (Wildman–Crippen LogP) is 2.86. The van der Waals surface area contributed by atoms with Crippen LogP contribution in [0.5, 0.6) is 0 Å². The molecule has 0 aliphatic rings. The Labute approximate surface area is 106 Å². The number of aromatic nitrogens is 4. The first kappa shape index (κ1) is 10.4. The molecule has 17 heavy (non-hydrogen) atoms. The predicted molar refractivity (Wildman–Crippen MR) is 68.7 cm³/mol. The molecule has 0 aliphatic heterocycles. The van der Waals surface area contributed by atoms with Gasteiger partial charge in [-0.3, -0.25) is 4.98 Å². The quantitative estimate of drug-likeness (QED) is 0.692. The van der Waals surface area contributed by atoms with Crippen molar-refractivity contribution in [2.75, 3.05) is 0 Å². The highest BCUT2D eigenvalue weighted by atomic mass is 79.9. The molecule has 0 unspecified atom stereocenters. The molecular weight excluding hydrogens is 280 g/mol. The van der Waals surface area contributed by atoms with Crippen LogP contribution in [-0.4, -0.2) is 19.6 Å². The van der Waals surface area contributed by atoms with Crippen LogP contribution < -0.4 is 0 Å². The van der Waals surface area contributed by atoms with E-state index in [2.05, 4.69) is 31.0 Å². The lowest BCUT2D eigenvalue weighted by molar-refractivity contribution is 0.956. The first-order valence-corrected chi connectivity index (χ1v) is 5.96. The summed E-state index contributed by atoms with van der Waals surface area (Å²) in [5.41, 5.74) is 2.90. The summed E-state index contributed by atoms with van der Waals surface area (Å²) < 4.78 is 2.78. The van der Waals surface area contributed by atoms with E-state index in [1.54, 1.807) is 16.9 Å².